The molecule has 0 aromatic heterocycles. The molecule has 0 aliphatic heterocycles. The molecule has 0 aliphatic rings. The Morgan fingerprint density at radius 3 is 1.00 bits per heavy atom. The van der Waals surface area contributed by atoms with Crippen LogP contribution in [0.1, 0.15) is 0 Å². The summed E-state index contributed by atoms with van der Waals surface area (Å²) in [6.07, 6.45) is -9.50. The molecule has 4 unspecified atom stereocenters. The standard InChI is InChI=1S/2C4H6O7.Zn/c2*5-1(3(7)8)2(6)4(9)11-10;/h2*1-2,5-6,10H,(H,7,8);/q;;+2/p-2. The fourth-order valence-electron chi connectivity index (χ4n) is 0.624. The first-order chi connectivity index (χ1) is 10.0. The second-order valence-electron chi connectivity index (χ2n) is 3.24. The van der Waals surface area contributed by atoms with Gasteiger partial charge in [-0.25, -0.2) is 9.59 Å². The predicted molar refractivity (Wildman–Crippen MR) is 51.5 cm³/mol. The summed E-state index contributed by atoms with van der Waals surface area (Å²) in [7, 11) is 0. The number of rotatable bonds is 6. The van der Waals surface area contributed by atoms with E-state index in [9.17, 15) is 29.4 Å². The topological polar surface area (TPSA) is 254 Å². The Morgan fingerprint density at radius 2 is 0.870 bits per heavy atom. The zero-order valence-corrected chi connectivity index (χ0v) is 13.9. The first kappa shape index (κ1) is 26.2. The van der Waals surface area contributed by atoms with E-state index in [1.54, 1.807) is 0 Å². The first-order valence-corrected chi connectivity index (χ1v) is 4.85. The maximum absolute atomic E-state index is 10.1. The fourth-order valence-corrected chi connectivity index (χ4v) is 0.624. The van der Waals surface area contributed by atoms with E-state index in [0.717, 1.165) is 0 Å². The average molecular weight is 396 g/mol. The summed E-state index contributed by atoms with van der Waals surface area (Å²) in [5.74, 6) is -7.41. The normalized spacial score (nSPS) is 14.5. The molecule has 14 nitrogen and oxygen atoms in total. The molecule has 6 N–H and O–H groups in total. The monoisotopic (exact) mass is 394 g/mol. The zero-order chi connectivity index (χ0) is 18.0. The van der Waals surface area contributed by atoms with E-state index in [0.29, 0.717) is 0 Å². The van der Waals surface area contributed by atoms with Gasteiger partial charge in [-0.15, -0.1) is 0 Å². The Bertz CT molecular complexity index is 372. The minimum absolute atomic E-state index is 0. The minimum Gasteiger partial charge on any atom is -0.547 e. The Hall–Kier alpha value is -1.74. The van der Waals surface area contributed by atoms with Gasteiger partial charge in [-0.05, 0) is 0 Å². The maximum atomic E-state index is 10.1. The van der Waals surface area contributed by atoms with Crippen molar-refractivity contribution in [3.63, 3.8) is 0 Å². The quantitative estimate of drug-likeness (QED) is 0.139. The largest absolute Gasteiger partial charge is 2.00 e. The van der Waals surface area contributed by atoms with Crippen molar-refractivity contribution in [2.24, 2.45) is 0 Å². The van der Waals surface area contributed by atoms with Crippen molar-refractivity contribution >= 4 is 23.9 Å². The van der Waals surface area contributed by atoms with Crippen LogP contribution in [-0.4, -0.2) is 79.2 Å². The molecule has 0 aliphatic carbocycles. The van der Waals surface area contributed by atoms with Gasteiger partial charge < -0.3 is 40.2 Å². The molecular weight excluding hydrogens is 385 g/mol. The first-order valence-electron chi connectivity index (χ1n) is 4.85. The third-order valence-corrected chi connectivity index (χ3v) is 1.74. The summed E-state index contributed by atoms with van der Waals surface area (Å²) < 4.78 is 0. The van der Waals surface area contributed by atoms with Crippen molar-refractivity contribution in [1.29, 1.82) is 0 Å². The SMILES string of the molecule is O=C([O-])C(O)C(O)C(=O)OO.O=C([O-])C(O)C(O)C(=O)OO.[Zn+2]. The van der Waals surface area contributed by atoms with Crippen LogP contribution in [0.2, 0.25) is 0 Å². The Kier molecular flexibility index (Phi) is 14.5. The molecule has 15 heteroatoms. The van der Waals surface area contributed by atoms with E-state index < -0.39 is 48.3 Å². The van der Waals surface area contributed by atoms with E-state index in [4.69, 9.17) is 30.9 Å². The molecule has 0 fully saturated rings. The summed E-state index contributed by atoms with van der Waals surface area (Å²) in [5.41, 5.74) is 0. The number of carbonyl (C=O) groups is 4. The number of carbonyl (C=O) groups excluding carboxylic acids is 4. The van der Waals surface area contributed by atoms with Gasteiger partial charge in [0.05, 0.1) is 11.9 Å². The van der Waals surface area contributed by atoms with Crippen LogP contribution in [0.15, 0.2) is 0 Å². The molecule has 0 rings (SSSR count). The average Bonchev–Trinajstić information content (AvgIpc) is 2.50. The minimum atomic E-state index is -2.41. The summed E-state index contributed by atoms with van der Waals surface area (Å²) in [6.45, 7) is 0. The molecule has 0 aromatic rings. The van der Waals surface area contributed by atoms with Crippen molar-refractivity contribution in [2.75, 3.05) is 0 Å². The van der Waals surface area contributed by atoms with Crippen molar-refractivity contribution in [3.05, 3.63) is 0 Å². The molecular formula is C8H10O14Zn. The van der Waals surface area contributed by atoms with Gasteiger partial charge in [0.1, 0.15) is 12.2 Å². The molecule has 0 heterocycles. The van der Waals surface area contributed by atoms with Gasteiger partial charge >= 0.3 is 31.4 Å². The fraction of sp³-hybridized carbons (Fsp3) is 0.500. The molecule has 0 amide bonds. The van der Waals surface area contributed by atoms with Crippen LogP contribution in [-0.2, 0) is 48.4 Å². The molecule has 128 valence electrons. The van der Waals surface area contributed by atoms with Crippen LogP contribution >= 0.6 is 0 Å². The van der Waals surface area contributed by atoms with E-state index in [1.165, 1.54) is 0 Å². The molecule has 0 spiro atoms. The van der Waals surface area contributed by atoms with E-state index >= 15 is 0 Å². The molecule has 4 atom stereocenters. The van der Waals surface area contributed by atoms with Crippen molar-refractivity contribution in [2.45, 2.75) is 24.4 Å². The number of carboxylic acid groups (broad SMARTS) is 2. The number of hydrogen-bond acceptors (Lipinski definition) is 14. The van der Waals surface area contributed by atoms with Gasteiger partial charge in [-0.1, -0.05) is 0 Å². The Morgan fingerprint density at radius 1 is 0.652 bits per heavy atom. The number of hydrogen-bond donors (Lipinski definition) is 6. The van der Waals surface area contributed by atoms with Gasteiger partial charge in [-0.3, -0.25) is 9.78 Å². The Balaban J connectivity index is -0.000000333. The smallest absolute Gasteiger partial charge is 0.547 e. The van der Waals surface area contributed by atoms with Crippen LogP contribution in [0.25, 0.3) is 0 Å². The number of aliphatic hydroxyl groups excluding tert-OH is 4. The van der Waals surface area contributed by atoms with Gasteiger partial charge in [0.15, 0.2) is 12.2 Å². The van der Waals surface area contributed by atoms with Crippen molar-refractivity contribution in [3.8, 4) is 0 Å². The predicted octanol–water partition coefficient (Wildman–Crippen LogP) is -7.05. The maximum Gasteiger partial charge on any atom is 2.00 e. The molecule has 0 saturated carbocycles. The van der Waals surface area contributed by atoms with Crippen molar-refractivity contribution in [1.82, 2.24) is 0 Å². The van der Waals surface area contributed by atoms with Gasteiger partial charge in [0, 0.05) is 0 Å². The third-order valence-electron chi connectivity index (χ3n) is 1.74. The molecule has 0 saturated heterocycles. The van der Waals surface area contributed by atoms with E-state index in [1.807, 2.05) is 0 Å². The van der Waals surface area contributed by atoms with E-state index in [2.05, 4.69) is 9.78 Å². The molecule has 23 heavy (non-hydrogen) atoms. The van der Waals surface area contributed by atoms with Crippen LogP contribution in [0.5, 0.6) is 0 Å². The summed E-state index contributed by atoms with van der Waals surface area (Å²) in [4.78, 5) is 45.6. The van der Waals surface area contributed by atoms with Crippen LogP contribution < -0.4 is 10.2 Å². The number of carboxylic acids is 2. The molecule has 0 bridgehead atoms. The van der Waals surface area contributed by atoms with Gasteiger partial charge in [0.2, 0.25) is 0 Å². The van der Waals surface area contributed by atoms with Crippen LogP contribution in [0.4, 0.5) is 0 Å². The zero-order valence-electron chi connectivity index (χ0n) is 11.0. The summed E-state index contributed by atoms with van der Waals surface area (Å²) >= 11 is 0. The van der Waals surface area contributed by atoms with E-state index in [-0.39, 0.29) is 19.5 Å². The number of aliphatic hydroxyl groups is 4. The summed E-state index contributed by atoms with van der Waals surface area (Å²) in [5, 5.41) is 68.4. The van der Waals surface area contributed by atoms with Crippen LogP contribution in [0, 0.1) is 0 Å². The second kappa shape index (κ2) is 12.8. The second-order valence-corrected chi connectivity index (χ2v) is 3.24. The summed E-state index contributed by atoms with van der Waals surface area (Å²) in [6, 6.07) is 0. The van der Waals surface area contributed by atoms with Gasteiger partial charge in [0.25, 0.3) is 0 Å². The molecule has 0 aromatic carbocycles. The van der Waals surface area contributed by atoms with Crippen molar-refractivity contribution < 1.29 is 89.6 Å². The van der Waals surface area contributed by atoms with Gasteiger partial charge in [-0.2, -0.15) is 10.5 Å². The Labute approximate surface area is 138 Å². The van der Waals surface area contributed by atoms with Crippen LogP contribution in [0.3, 0.4) is 0 Å². The molecule has 0 radical (unpaired) electrons. The third kappa shape index (κ3) is 9.80. The number of aliphatic carboxylic acids is 2.